The van der Waals surface area contributed by atoms with Gasteiger partial charge in [0.15, 0.2) is 5.16 Å². The fraction of sp³-hybridized carbons (Fsp3) is 0.250. The molecule has 6 heteroatoms. The van der Waals surface area contributed by atoms with Gasteiger partial charge in [-0.1, -0.05) is 42.1 Å². The summed E-state index contributed by atoms with van der Waals surface area (Å²) >= 11 is 1.29. The summed E-state index contributed by atoms with van der Waals surface area (Å²) in [6, 6.07) is 15.0. The first-order valence-electron chi connectivity index (χ1n) is 8.55. The summed E-state index contributed by atoms with van der Waals surface area (Å²) in [5.41, 5.74) is 2.25. The van der Waals surface area contributed by atoms with Gasteiger partial charge in [-0.15, -0.1) is 0 Å². The largest absolute Gasteiger partial charge is 0.355 e. The number of hydrogen-bond donors (Lipinski definition) is 1. The Labute approximate surface area is 156 Å². The fourth-order valence-corrected chi connectivity index (χ4v) is 3.69. The van der Waals surface area contributed by atoms with Crippen LogP contribution >= 0.6 is 11.8 Å². The Morgan fingerprint density at radius 1 is 1.19 bits per heavy atom. The molecule has 1 heterocycles. The topological polar surface area (TPSA) is 64.0 Å². The Morgan fingerprint density at radius 2 is 1.88 bits per heavy atom. The van der Waals surface area contributed by atoms with E-state index in [2.05, 4.69) is 10.3 Å². The van der Waals surface area contributed by atoms with Gasteiger partial charge in [-0.05, 0) is 44.5 Å². The maximum atomic E-state index is 13.2. The zero-order chi connectivity index (χ0) is 18.7. The molecule has 0 radical (unpaired) electrons. The molecule has 1 amide bonds. The Bertz CT molecular complexity index is 1010. The van der Waals surface area contributed by atoms with Crippen LogP contribution in [0.25, 0.3) is 16.6 Å². The number of rotatable bonds is 5. The Balaban J connectivity index is 2.20. The van der Waals surface area contributed by atoms with E-state index in [9.17, 15) is 9.59 Å². The van der Waals surface area contributed by atoms with Crippen molar-refractivity contribution in [3.63, 3.8) is 0 Å². The first kappa shape index (κ1) is 18.2. The number of hydrogen-bond acceptors (Lipinski definition) is 4. The van der Waals surface area contributed by atoms with E-state index in [1.165, 1.54) is 11.8 Å². The zero-order valence-electron chi connectivity index (χ0n) is 15.0. The van der Waals surface area contributed by atoms with Gasteiger partial charge < -0.3 is 5.32 Å². The van der Waals surface area contributed by atoms with Crippen LogP contribution in [0.5, 0.6) is 0 Å². The second-order valence-corrected chi connectivity index (χ2v) is 7.30. The molecule has 0 unspecified atom stereocenters. The molecule has 1 atom stereocenters. The summed E-state index contributed by atoms with van der Waals surface area (Å²) in [6.07, 6.45) is 0. The molecule has 0 spiro atoms. The first-order chi connectivity index (χ1) is 12.5. The van der Waals surface area contributed by atoms with Crippen LogP contribution in [0, 0.1) is 6.92 Å². The predicted octanol–water partition coefficient (Wildman–Crippen LogP) is 3.31. The molecule has 0 aliphatic heterocycles. The van der Waals surface area contributed by atoms with Crippen LogP contribution in [0.3, 0.4) is 0 Å². The van der Waals surface area contributed by atoms with Crippen molar-refractivity contribution in [2.75, 3.05) is 6.54 Å². The number of para-hydroxylation sites is 2. The van der Waals surface area contributed by atoms with Crippen molar-refractivity contribution in [1.29, 1.82) is 0 Å². The molecular weight excluding hydrogens is 346 g/mol. The van der Waals surface area contributed by atoms with E-state index in [1.807, 2.05) is 63.2 Å². The van der Waals surface area contributed by atoms with E-state index in [0.717, 1.165) is 11.3 Å². The number of aromatic nitrogens is 2. The van der Waals surface area contributed by atoms with Gasteiger partial charge in [0.2, 0.25) is 5.91 Å². The van der Waals surface area contributed by atoms with Crippen LogP contribution in [-0.2, 0) is 4.79 Å². The molecule has 0 saturated carbocycles. The molecule has 1 N–H and O–H groups in total. The summed E-state index contributed by atoms with van der Waals surface area (Å²) < 4.78 is 1.61. The van der Waals surface area contributed by atoms with Crippen LogP contribution in [0.1, 0.15) is 19.4 Å². The van der Waals surface area contributed by atoms with Crippen molar-refractivity contribution >= 4 is 28.6 Å². The highest BCUT2D eigenvalue weighted by Gasteiger charge is 2.20. The quantitative estimate of drug-likeness (QED) is 0.555. The van der Waals surface area contributed by atoms with E-state index in [0.29, 0.717) is 22.6 Å². The summed E-state index contributed by atoms with van der Waals surface area (Å²) in [7, 11) is 0. The maximum absolute atomic E-state index is 13.2. The lowest BCUT2D eigenvalue weighted by Crippen LogP contribution is -2.31. The minimum atomic E-state index is -0.363. The van der Waals surface area contributed by atoms with Crippen LogP contribution in [0.15, 0.2) is 58.5 Å². The summed E-state index contributed by atoms with van der Waals surface area (Å²) in [6.45, 7) is 6.23. The zero-order valence-corrected chi connectivity index (χ0v) is 15.8. The van der Waals surface area contributed by atoms with Crippen molar-refractivity contribution in [3.05, 3.63) is 64.4 Å². The third-order valence-electron chi connectivity index (χ3n) is 4.10. The minimum Gasteiger partial charge on any atom is -0.355 e. The fourth-order valence-electron chi connectivity index (χ4n) is 2.75. The number of fused-ring (bicyclic) bond motifs is 1. The highest BCUT2D eigenvalue weighted by molar-refractivity contribution is 8.00. The van der Waals surface area contributed by atoms with Gasteiger partial charge in [-0.3, -0.25) is 14.2 Å². The van der Waals surface area contributed by atoms with E-state index >= 15 is 0 Å². The number of carbonyl (C=O) groups excluding carboxylic acids is 1. The summed E-state index contributed by atoms with van der Waals surface area (Å²) in [5.74, 6) is -0.0729. The lowest BCUT2D eigenvalue weighted by atomic mass is 10.2. The van der Waals surface area contributed by atoms with Gasteiger partial charge in [-0.2, -0.15) is 0 Å². The highest BCUT2D eigenvalue weighted by atomic mass is 32.2. The number of thioether (sulfide) groups is 1. The second-order valence-electron chi connectivity index (χ2n) is 5.99. The molecule has 0 aliphatic rings. The molecule has 0 fully saturated rings. The standard InChI is InChI=1S/C20H21N3O2S/c1-4-21-18(24)14(3)26-20-22-16-11-7-6-10-15(16)19(25)23(20)17-12-8-5-9-13(17)2/h5-12,14H,4H2,1-3H3,(H,21,24)/t14-/m0/s1. The Kier molecular flexibility index (Phi) is 5.42. The van der Waals surface area contributed by atoms with E-state index in [4.69, 9.17) is 0 Å². The maximum Gasteiger partial charge on any atom is 0.266 e. The molecule has 3 rings (SSSR count). The lowest BCUT2D eigenvalue weighted by Gasteiger charge is -2.17. The molecule has 0 aliphatic carbocycles. The van der Waals surface area contributed by atoms with Gasteiger partial charge in [0, 0.05) is 6.54 Å². The Hall–Kier alpha value is -2.60. The third-order valence-corrected chi connectivity index (χ3v) is 5.16. The lowest BCUT2D eigenvalue weighted by molar-refractivity contribution is -0.120. The molecule has 134 valence electrons. The number of benzene rings is 2. The minimum absolute atomic E-state index is 0.0729. The number of nitrogens with one attached hydrogen (secondary N) is 1. The van der Waals surface area contributed by atoms with E-state index in [1.54, 1.807) is 10.6 Å². The average Bonchev–Trinajstić information content (AvgIpc) is 2.63. The van der Waals surface area contributed by atoms with Crippen LogP contribution in [0.4, 0.5) is 0 Å². The van der Waals surface area contributed by atoms with Crippen molar-refractivity contribution < 1.29 is 4.79 Å². The molecule has 26 heavy (non-hydrogen) atoms. The molecule has 0 saturated heterocycles. The van der Waals surface area contributed by atoms with Crippen LogP contribution in [0.2, 0.25) is 0 Å². The van der Waals surface area contributed by atoms with Gasteiger partial charge in [0.25, 0.3) is 5.56 Å². The smallest absolute Gasteiger partial charge is 0.266 e. The molecular formula is C20H21N3O2S. The highest BCUT2D eigenvalue weighted by Crippen LogP contribution is 2.26. The Morgan fingerprint density at radius 3 is 2.62 bits per heavy atom. The van der Waals surface area contributed by atoms with Gasteiger partial charge >= 0.3 is 0 Å². The second kappa shape index (κ2) is 7.74. The average molecular weight is 367 g/mol. The van der Waals surface area contributed by atoms with Crippen molar-refractivity contribution in [2.24, 2.45) is 0 Å². The number of nitrogens with zero attached hydrogens (tertiary/aromatic N) is 2. The van der Waals surface area contributed by atoms with Crippen LogP contribution in [-0.4, -0.2) is 27.3 Å². The molecule has 3 aromatic rings. The summed E-state index contributed by atoms with van der Waals surface area (Å²) in [5, 5.41) is 3.53. The van der Waals surface area contributed by atoms with E-state index < -0.39 is 0 Å². The summed E-state index contributed by atoms with van der Waals surface area (Å²) in [4.78, 5) is 30.0. The molecule has 5 nitrogen and oxygen atoms in total. The number of amides is 1. The van der Waals surface area contributed by atoms with Crippen LogP contribution < -0.4 is 10.9 Å². The van der Waals surface area contributed by atoms with E-state index in [-0.39, 0.29) is 16.7 Å². The molecule has 0 bridgehead atoms. The monoisotopic (exact) mass is 367 g/mol. The van der Waals surface area contributed by atoms with Crippen molar-refractivity contribution in [3.8, 4) is 5.69 Å². The number of aryl methyl sites for hydroxylation is 1. The predicted molar refractivity (Wildman–Crippen MR) is 106 cm³/mol. The first-order valence-corrected chi connectivity index (χ1v) is 9.43. The van der Waals surface area contributed by atoms with Gasteiger partial charge in [0.05, 0.1) is 21.8 Å². The van der Waals surface area contributed by atoms with Crippen molar-refractivity contribution in [2.45, 2.75) is 31.2 Å². The third kappa shape index (κ3) is 3.51. The molecule has 1 aromatic heterocycles. The number of carbonyl (C=O) groups is 1. The van der Waals surface area contributed by atoms with Crippen molar-refractivity contribution in [1.82, 2.24) is 14.9 Å². The SMILES string of the molecule is CCNC(=O)[C@H](C)Sc1nc2ccccc2c(=O)n1-c1ccccc1C. The molecule has 2 aromatic carbocycles. The van der Waals surface area contributed by atoms with Gasteiger partial charge in [0.1, 0.15) is 0 Å². The van der Waals surface area contributed by atoms with Gasteiger partial charge in [-0.25, -0.2) is 4.98 Å². The normalized spacial score (nSPS) is 12.1.